The summed E-state index contributed by atoms with van der Waals surface area (Å²) >= 11 is 0. The first kappa shape index (κ1) is 21.8. The SMILES string of the molecule is C[C@@H]1CC2=CC(=N\NS(C)(=O)=O)/C(=N\O)C[C@]2(C)[C@H]2CC[C@@]3(C)[C@@H](CC[C@]3(C)O)[C@H]12. The van der Waals surface area contributed by atoms with E-state index in [1.165, 1.54) is 5.57 Å². The first-order valence-electron chi connectivity index (χ1n) is 11.0. The Morgan fingerprint density at radius 3 is 2.47 bits per heavy atom. The zero-order valence-corrected chi connectivity index (χ0v) is 19.5. The lowest BCUT2D eigenvalue weighted by Gasteiger charge is -2.60. The quantitative estimate of drug-likeness (QED) is 0.455. The van der Waals surface area contributed by atoms with Crippen LogP contribution < -0.4 is 4.83 Å². The zero-order valence-electron chi connectivity index (χ0n) is 18.6. The van der Waals surface area contributed by atoms with Gasteiger partial charge in [0.05, 0.1) is 11.9 Å². The molecule has 7 atom stereocenters. The normalized spacial score (nSPS) is 48.7. The molecule has 4 aliphatic rings. The molecule has 3 fully saturated rings. The van der Waals surface area contributed by atoms with Gasteiger partial charge in [-0.25, -0.2) is 13.2 Å². The minimum atomic E-state index is -3.48. The lowest BCUT2D eigenvalue weighted by Crippen LogP contribution is -2.56. The van der Waals surface area contributed by atoms with Gasteiger partial charge < -0.3 is 10.3 Å². The Morgan fingerprint density at radius 2 is 1.83 bits per heavy atom. The summed E-state index contributed by atoms with van der Waals surface area (Å²) in [6.07, 6.45) is 8.42. The van der Waals surface area contributed by atoms with Crippen molar-refractivity contribution in [3.05, 3.63) is 11.6 Å². The summed E-state index contributed by atoms with van der Waals surface area (Å²) in [5, 5.41) is 28.3. The molecule has 3 N–H and O–H groups in total. The van der Waals surface area contributed by atoms with E-state index in [2.05, 4.69) is 35.9 Å². The highest BCUT2D eigenvalue weighted by Gasteiger charge is 2.63. The molecule has 0 aromatic carbocycles. The van der Waals surface area contributed by atoms with E-state index < -0.39 is 15.6 Å². The number of fused-ring (bicyclic) bond motifs is 5. The summed E-state index contributed by atoms with van der Waals surface area (Å²) in [6, 6.07) is 0. The van der Waals surface area contributed by atoms with E-state index in [0.29, 0.717) is 41.5 Å². The van der Waals surface area contributed by atoms with Gasteiger partial charge >= 0.3 is 0 Å². The summed E-state index contributed by atoms with van der Waals surface area (Å²) in [5.41, 5.74) is 1.29. The fourth-order valence-corrected chi connectivity index (χ4v) is 7.67. The maximum Gasteiger partial charge on any atom is 0.244 e. The summed E-state index contributed by atoms with van der Waals surface area (Å²) in [4.78, 5) is 2.17. The van der Waals surface area contributed by atoms with Gasteiger partial charge in [0.25, 0.3) is 0 Å². The molecule has 4 aliphatic carbocycles. The average molecular weight is 438 g/mol. The van der Waals surface area contributed by atoms with Crippen LogP contribution in [-0.2, 0) is 10.0 Å². The highest BCUT2D eigenvalue weighted by atomic mass is 32.2. The second kappa shape index (κ2) is 6.79. The number of sulfonamides is 1. The molecule has 0 radical (unpaired) electrons. The molecular formula is C22H35N3O4S. The van der Waals surface area contributed by atoms with Crippen LogP contribution in [0.2, 0.25) is 0 Å². The number of oxime groups is 1. The third-order valence-electron chi connectivity index (χ3n) is 9.24. The number of hydrazone groups is 1. The van der Waals surface area contributed by atoms with Gasteiger partial charge in [-0.1, -0.05) is 31.5 Å². The molecule has 0 amide bonds. The molecule has 168 valence electrons. The minimum absolute atomic E-state index is 0.0470. The Labute approximate surface area is 179 Å². The molecule has 0 saturated heterocycles. The molecule has 0 bridgehead atoms. The third kappa shape index (κ3) is 3.13. The molecule has 0 unspecified atom stereocenters. The zero-order chi connectivity index (χ0) is 22.1. The molecule has 0 aliphatic heterocycles. The van der Waals surface area contributed by atoms with Gasteiger partial charge in [-0.2, -0.15) is 5.10 Å². The number of hydrogen-bond donors (Lipinski definition) is 3. The van der Waals surface area contributed by atoms with Crippen LogP contribution in [0.4, 0.5) is 0 Å². The van der Waals surface area contributed by atoms with Crippen molar-refractivity contribution in [2.45, 2.75) is 71.8 Å². The van der Waals surface area contributed by atoms with Gasteiger partial charge in [0, 0.05) is 6.42 Å². The van der Waals surface area contributed by atoms with Crippen LogP contribution in [0.3, 0.4) is 0 Å². The van der Waals surface area contributed by atoms with Crippen molar-refractivity contribution in [2.24, 2.45) is 44.8 Å². The molecular weight excluding hydrogens is 402 g/mol. The molecule has 3 saturated carbocycles. The van der Waals surface area contributed by atoms with E-state index in [1.54, 1.807) is 0 Å². The Morgan fingerprint density at radius 1 is 1.17 bits per heavy atom. The van der Waals surface area contributed by atoms with Crippen LogP contribution in [-0.4, -0.2) is 42.0 Å². The van der Waals surface area contributed by atoms with Crippen molar-refractivity contribution in [1.82, 2.24) is 4.83 Å². The molecule has 0 heterocycles. The number of aliphatic hydroxyl groups is 1. The number of rotatable bonds is 2. The Hall–Kier alpha value is -1.41. The highest BCUT2D eigenvalue weighted by Crippen LogP contribution is 2.68. The summed E-state index contributed by atoms with van der Waals surface area (Å²) in [6.45, 7) is 8.88. The van der Waals surface area contributed by atoms with Gasteiger partial charge in [-0.05, 0) is 79.6 Å². The van der Waals surface area contributed by atoms with Crippen molar-refractivity contribution in [2.75, 3.05) is 6.26 Å². The van der Waals surface area contributed by atoms with Crippen molar-refractivity contribution in [3.8, 4) is 0 Å². The number of nitrogens with one attached hydrogen (secondary N) is 1. The lowest BCUT2D eigenvalue weighted by molar-refractivity contribution is -0.126. The van der Waals surface area contributed by atoms with Crippen LogP contribution in [0.1, 0.15) is 66.2 Å². The van der Waals surface area contributed by atoms with E-state index in [4.69, 9.17) is 0 Å². The van der Waals surface area contributed by atoms with Crippen LogP contribution >= 0.6 is 0 Å². The predicted octanol–water partition coefficient (Wildman–Crippen LogP) is 3.29. The van der Waals surface area contributed by atoms with Gasteiger partial charge in [-0.15, -0.1) is 0 Å². The standard InChI is InChI=1S/C22H35N3O4S/c1-13-10-14-11-17(23-25-30(5,28)29)18(24-27)12-20(14,2)15-6-8-21(3)16(19(13)15)7-9-22(21,4)26/h11,13,15-16,19,25-27H,6-10,12H2,1-5H3/b23-17+,24-18-/t13-,15+,16+,19-,20+,21+,22+/m1/s1. The van der Waals surface area contributed by atoms with E-state index >= 15 is 0 Å². The van der Waals surface area contributed by atoms with Gasteiger partial charge in [0.2, 0.25) is 10.0 Å². The molecule has 30 heavy (non-hydrogen) atoms. The van der Waals surface area contributed by atoms with Gasteiger partial charge in [0.1, 0.15) is 11.4 Å². The number of allylic oxidation sites excluding steroid dienone is 2. The largest absolute Gasteiger partial charge is 0.411 e. The lowest BCUT2D eigenvalue weighted by atomic mass is 9.44. The predicted molar refractivity (Wildman–Crippen MR) is 117 cm³/mol. The summed E-state index contributed by atoms with van der Waals surface area (Å²) in [7, 11) is -3.48. The molecule has 8 heteroatoms. The Balaban J connectivity index is 1.73. The molecule has 0 aromatic heterocycles. The van der Waals surface area contributed by atoms with Crippen molar-refractivity contribution >= 4 is 21.4 Å². The second-order valence-corrected chi connectivity index (χ2v) is 12.6. The fourth-order valence-electron chi connectivity index (χ4n) is 7.40. The van der Waals surface area contributed by atoms with Gasteiger partial charge in [-0.3, -0.25) is 0 Å². The number of hydrogen-bond acceptors (Lipinski definition) is 6. The third-order valence-corrected chi connectivity index (χ3v) is 9.66. The van der Waals surface area contributed by atoms with E-state index in [0.717, 1.165) is 38.4 Å². The Bertz CT molecular complexity index is 938. The van der Waals surface area contributed by atoms with Crippen LogP contribution in [0.15, 0.2) is 21.9 Å². The van der Waals surface area contributed by atoms with Crippen LogP contribution in [0.25, 0.3) is 0 Å². The molecule has 4 rings (SSSR count). The van der Waals surface area contributed by atoms with E-state index in [9.17, 15) is 18.7 Å². The highest BCUT2D eigenvalue weighted by molar-refractivity contribution is 7.88. The smallest absolute Gasteiger partial charge is 0.244 e. The maximum absolute atomic E-state index is 11.5. The van der Waals surface area contributed by atoms with Crippen LogP contribution in [0, 0.1) is 34.5 Å². The van der Waals surface area contributed by atoms with Crippen molar-refractivity contribution in [1.29, 1.82) is 0 Å². The summed E-state index contributed by atoms with van der Waals surface area (Å²) < 4.78 is 23.0. The van der Waals surface area contributed by atoms with E-state index in [1.807, 2.05) is 13.0 Å². The van der Waals surface area contributed by atoms with E-state index in [-0.39, 0.29) is 10.8 Å². The number of nitrogens with zero attached hydrogens (tertiary/aromatic N) is 2. The minimum Gasteiger partial charge on any atom is -0.411 e. The van der Waals surface area contributed by atoms with Gasteiger partial charge in [0.15, 0.2) is 0 Å². The fraction of sp³-hybridized carbons (Fsp3) is 0.818. The van der Waals surface area contributed by atoms with Crippen LogP contribution in [0.5, 0.6) is 0 Å². The first-order chi connectivity index (χ1) is 13.8. The second-order valence-electron chi connectivity index (χ2n) is 10.9. The molecule has 0 spiro atoms. The van der Waals surface area contributed by atoms with Crippen molar-refractivity contribution < 1.29 is 18.7 Å². The maximum atomic E-state index is 11.5. The monoisotopic (exact) mass is 437 g/mol. The average Bonchev–Trinajstić information content (AvgIpc) is 2.89. The molecule has 0 aromatic rings. The summed E-state index contributed by atoms with van der Waals surface area (Å²) in [5.74, 6) is 1.94. The first-order valence-corrected chi connectivity index (χ1v) is 12.9. The Kier molecular flexibility index (Phi) is 4.94. The molecule has 7 nitrogen and oxygen atoms in total. The topological polar surface area (TPSA) is 111 Å². The van der Waals surface area contributed by atoms with Crippen molar-refractivity contribution in [3.63, 3.8) is 0 Å².